The lowest BCUT2D eigenvalue weighted by Crippen LogP contribution is -2.21. The van der Waals surface area contributed by atoms with E-state index in [1.54, 1.807) is 17.9 Å². The Morgan fingerprint density at radius 1 is 1.37 bits per heavy atom. The summed E-state index contributed by atoms with van der Waals surface area (Å²) >= 11 is 3.64. The van der Waals surface area contributed by atoms with Gasteiger partial charge < -0.3 is 9.88 Å². The van der Waals surface area contributed by atoms with Gasteiger partial charge in [-0.25, -0.2) is 9.97 Å². The number of hydrogen-bond donors (Lipinski definition) is 1. The van der Waals surface area contributed by atoms with Gasteiger partial charge in [-0.15, -0.1) is 0 Å². The first-order chi connectivity index (χ1) is 12.9. The van der Waals surface area contributed by atoms with E-state index in [0.717, 1.165) is 36.9 Å². The molecular weight excluding hydrogens is 475 g/mol. The minimum Gasteiger partial charge on any atom is -0.372 e. The molecule has 0 unspecified atom stereocenters. The molecule has 3 aromatic rings. The van der Waals surface area contributed by atoms with Gasteiger partial charge in [-0.05, 0) is 47.7 Å². The first kappa shape index (κ1) is 18.2. The smallest absolute Gasteiger partial charge is 0.272 e. The molecule has 9 heteroatoms. The molecule has 0 spiro atoms. The van der Waals surface area contributed by atoms with Crippen LogP contribution in [0.25, 0.3) is 22.3 Å². The van der Waals surface area contributed by atoms with E-state index in [1.165, 1.54) is 11.8 Å². The average Bonchev–Trinajstić information content (AvgIpc) is 3.20. The van der Waals surface area contributed by atoms with Crippen molar-refractivity contribution in [1.82, 2.24) is 24.4 Å². The SMILES string of the molecule is CN=C1Sc2c(ncn(-c3ccc4nc(C)[nH]c4c3)c2=O)/C1=C(/I)N(C)C. The van der Waals surface area contributed by atoms with E-state index in [2.05, 4.69) is 42.5 Å². The molecule has 7 nitrogen and oxygen atoms in total. The Hall–Kier alpha value is -2.14. The van der Waals surface area contributed by atoms with Gasteiger partial charge in [-0.1, -0.05) is 11.8 Å². The molecule has 27 heavy (non-hydrogen) atoms. The fourth-order valence-electron chi connectivity index (χ4n) is 2.98. The van der Waals surface area contributed by atoms with E-state index in [-0.39, 0.29) is 5.56 Å². The fraction of sp³-hybridized carbons (Fsp3) is 0.222. The second-order valence-corrected chi connectivity index (χ2v) is 8.33. The number of aromatic nitrogens is 4. The Kier molecular flexibility index (Phi) is 4.58. The summed E-state index contributed by atoms with van der Waals surface area (Å²) in [7, 11) is 5.67. The number of hydrogen-bond acceptors (Lipinski definition) is 6. The summed E-state index contributed by atoms with van der Waals surface area (Å²) in [4.78, 5) is 32.4. The Morgan fingerprint density at radius 2 is 2.15 bits per heavy atom. The molecule has 1 aromatic carbocycles. The number of imidazole rings is 1. The van der Waals surface area contributed by atoms with Crippen LogP contribution in [0, 0.1) is 6.92 Å². The lowest BCUT2D eigenvalue weighted by atomic mass is 10.2. The van der Waals surface area contributed by atoms with E-state index >= 15 is 0 Å². The van der Waals surface area contributed by atoms with Crippen LogP contribution in [0.4, 0.5) is 0 Å². The molecule has 0 saturated carbocycles. The second kappa shape index (κ2) is 6.79. The monoisotopic (exact) mass is 492 g/mol. The van der Waals surface area contributed by atoms with Crippen molar-refractivity contribution in [2.45, 2.75) is 11.8 Å². The number of nitrogens with zero attached hydrogens (tertiary/aromatic N) is 5. The summed E-state index contributed by atoms with van der Waals surface area (Å²) in [5.41, 5.74) is 4.02. The number of fused-ring (bicyclic) bond motifs is 2. The van der Waals surface area contributed by atoms with Crippen molar-refractivity contribution in [3.05, 3.63) is 50.1 Å². The lowest BCUT2D eigenvalue weighted by molar-refractivity contribution is 0.560. The number of rotatable bonds is 2. The van der Waals surface area contributed by atoms with Crippen LogP contribution < -0.4 is 5.56 Å². The fourth-order valence-corrected chi connectivity index (χ4v) is 4.69. The summed E-state index contributed by atoms with van der Waals surface area (Å²) in [5.74, 6) is 0.842. The maximum Gasteiger partial charge on any atom is 0.272 e. The number of thioether (sulfide) groups is 1. The van der Waals surface area contributed by atoms with Gasteiger partial charge in [0.05, 0.1) is 31.7 Å². The van der Waals surface area contributed by atoms with E-state index in [0.29, 0.717) is 10.6 Å². The van der Waals surface area contributed by atoms with Crippen LogP contribution in [0.3, 0.4) is 0 Å². The number of H-pyrrole nitrogens is 1. The average molecular weight is 492 g/mol. The van der Waals surface area contributed by atoms with Crippen molar-refractivity contribution in [1.29, 1.82) is 0 Å². The number of aromatic amines is 1. The third-order valence-corrected chi connectivity index (χ3v) is 6.90. The van der Waals surface area contributed by atoms with Gasteiger partial charge in [0.2, 0.25) is 0 Å². The quantitative estimate of drug-likeness (QED) is 0.439. The number of halogens is 1. The van der Waals surface area contributed by atoms with E-state index < -0.39 is 0 Å². The van der Waals surface area contributed by atoms with Crippen LogP contribution >= 0.6 is 34.4 Å². The number of aryl methyl sites for hydroxylation is 1. The van der Waals surface area contributed by atoms with Crippen LogP contribution in [0.2, 0.25) is 0 Å². The molecule has 0 atom stereocenters. The van der Waals surface area contributed by atoms with Gasteiger partial charge >= 0.3 is 0 Å². The molecule has 2 aromatic heterocycles. The van der Waals surface area contributed by atoms with Crippen LogP contribution in [-0.4, -0.2) is 50.6 Å². The second-order valence-electron chi connectivity index (χ2n) is 6.31. The molecule has 4 rings (SSSR count). The van der Waals surface area contributed by atoms with Gasteiger partial charge in [0.15, 0.2) is 0 Å². The maximum atomic E-state index is 13.2. The van der Waals surface area contributed by atoms with E-state index in [4.69, 9.17) is 0 Å². The molecule has 0 bridgehead atoms. The first-order valence-electron chi connectivity index (χ1n) is 8.21. The molecule has 138 valence electrons. The number of benzene rings is 1. The molecule has 1 N–H and O–H groups in total. The summed E-state index contributed by atoms with van der Waals surface area (Å²) in [6.07, 6.45) is 1.59. The van der Waals surface area contributed by atoms with Crippen molar-refractivity contribution in [2.75, 3.05) is 21.1 Å². The van der Waals surface area contributed by atoms with Crippen molar-refractivity contribution in [3.63, 3.8) is 0 Å². The third kappa shape index (κ3) is 2.98. The predicted molar refractivity (Wildman–Crippen MR) is 118 cm³/mol. The molecule has 3 heterocycles. The zero-order chi connectivity index (χ0) is 19.3. The summed E-state index contributed by atoms with van der Waals surface area (Å²) in [6, 6.07) is 5.70. The van der Waals surface area contributed by atoms with Gasteiger partial charge in [0.1, 0.15) is 22.1 Å². The molecule has 0 aliphatic carbocycles. The zero-order valence-electron chi connectivity index (χ0n) is 15.2. The Bertz CT molecular complexity index is 1190. The summed E-state index contributed by atoms with van der Waals surface area (Å²) in [5, 5.41) is 0.810. The molecule has 1 aliphatic heterocycles. The molecule has 1 aliphatic rings. The Morgan fingerprint density at radius 3 is 2.85 bits per heavy atom. The standard InChI is InChI=1S/C18H17IN6OS/c1-9-22-11-6-5-10(7-12(11)23-9)25-8-21-14-13(16(19)24(3)4)17(20-2)27-15(14)18(25)26/h5-8H,1-4H3,(H,22,23)/b16-13+,20-17?. The van der Waals surface area contributed by atoms with E-state index in [1.807, 2.05) is 44.1 Å². The first-order valence-corrected chi connectivity index (χ1v) is 10.1. The van der Waals surface area contributed by atoms with Crippen molar-refractivity contribution >= 4 is 56.0 Å². The molecule has 0 fully saturated rings. The van der Waals surface area contributed by atoms with Gasteiger partial charge in [0.25, 0.3) is 5.56 Å². The van der Waals surface area contributed by atoms with Crippen molar-refractivity contribution < 1.29 is 0 Å². The van der Waals surface area contributed by atoms with Gasteiger partial charge in [-0.3, -0.25) is 14.4 Å². The molecule has 0 saturated heterocycles. The van der Waals surface area contributed by atoms with E-state index in [9.17, 15) is 4.79 Å². The predicted octanol–water partition coefficient (Wildman–Crippen LogP) is 3.22. The van der Waals surface area contributed by atoms with Gasteiger partial charge in [0, 0.05) is 21.1 Å². The largest absolute Gasteiger partial charge is 0.372 e. The van der Waals surface area contributed by atoms with Crippen molar-refractivity contribution in [2.24, 2.45) is 4.99 Å². The molecule has 0 radical (unpaired) electrons. The highest BCUT2D eigenvalue weighted by atomic mass is 127. The minimum atomic E-state index is -0.0975. The summed E-state index contributed by atoms with van der Waals surface area (Å²) in [6.45, 7) is 1.91. The van der Waals surface area contributed by atoms with Crippen LogP contribution in [0.15, 0.2) is 42.9 Å². The van der Waals surface area contributed by atoms with Crippen LogP contribution in [-0.2, 0) is 0 Å². The number of nitrogens with one attached hydrogen (secondary N) is 1. The topological polar surface area (TPSA) is 79.2 Å². The number of aliphatic imine (C=N–C) groups is 1. The Labute approximate surface area is 173 Å². The maximum absolute atomic E-state index is 13.2. The van der Waals surface area contributed by atoms with Crippen LogP contribution in [0.5, 0.6) is 0 Å². The highest BCUT2D eigenvalue weighted by molar-refractivity contribution is 14.1. The minimum absolute atomic E-state index is 0.0975. The Balaban J connectivity index is 1.90. The zero-order valence-corrected chi connectivity index (χ0v) is 18.2. The van der Waals surface area contributed by atoms with Crippen LogP contribution in [0.1, 0.15) is 11.5 Å². The molecule has 0 amide bonds. The lowest BCUT2D eigenvalue weighted by Gasteiger charge is -2.14. The van der Waals surface area contributed by atoms with Gasteiger partial charge in [-0.2, -0.15) is 0 Å². The molecular formula is C18H17IN6OS. The normalized spacial score (nSPS) is 16.9. The highest BCUT2D eigenvalue weighted by Gasteiger charge is 2.31. The third-order valence-electron chi connectivity index (χ3n) is 4.24. The highest BCUT2D eigenvalue weighted by Crippen LogP contribution is 2.41. The summed E-state index contributed by atoms with van der Waals surface area (Å²) < 4.78 is 2.57. The van der Waals surface area contributed by atoms with Crippen molar-refractivity contribution in [3.8, 4) is 5.69 Å².